The maximum atomic E-state index is 13.5. The van der Waals surface area contributed by atoms with Crippen LogP contribution in [0.15, 0.2) is 48.5 Å². The van der Waals surface area contributed by atoms with Gasteiger partial charge in [0.15, 0.2) is 0 Å². The Morgan fingerprint density at radius 3 is 1.97 bits per heavy atom. The van der Waals surface area contributed by atoms with Crippen molar-refractivity contribution in [2.75, 3.05) is 13.1 Å². The van der Waals surface area contributed by atoms with Crippen molar-refractivity contribution in [2.45, 2.75) is 44.8 Å². The number of carbonyl (C=O) groups is 1. The standard InChI is InChI=1S/C23H28F2N2O2/c1-23(2,3)29-22(28)27-13-12-20(26)19(14-27)21(15-4-8-17(24)9-5-15)16-6-10-18(25)11-7-16/h4-11,19-21H,12-14,26H2,1-3H3. The lowest BCUT2D eigenvalue weighted by Crippen LogP contribution is -2.52. The van der Waals surface area contributed by atoms with Crippen molar-refractivity contribution in [3.05, 3.63) is 71.3 Å². The zero-order valence-electron chi connectivity index (χ0n) is 17.1. The van der Waals surface area contributed by atoms with E-state index in [2.05, 4.69) is 0 Å². The van der Waals surface area contributed by atoms with Crippen molar-refractivity contribution in [3.8, 4) is 0 Å². The van der Waals surface area contributed by atoms with Crippen molar-refractivity contribution >= 4 is 6.09 Å². The molecule has 1 aliphatic rings. The first kappa shape index (κ1) is 21.2. The van der Waals surface area contributed by atoms with Gasteiger partial charge in [-0.2, -0.15) is 0 Å². The van der Waals surface area contributed by atoms with Crippen LogP contribution in [0.1, 0.15) is 44.2 Å². The summed E-state index contributed by atoms with van der Waals surface area (Å²) < 4.78 is 32.5. The van der Waals surface area contributed by atoms with Crippen LogP contribution in [-0.2, 0) is 4.74 Å². The Bertz CT molecular complexity index is 786. The number of hydrogen-bond acceptors (Lipinski definition) is 3. The summed E-state index contributed by atoms with van der Waals surface area (Å²) in [6.07, 6.45) is 0.259. The monoisotopic (exact) mass is 402 g/mol. The van der Waals surface area contributed by atoms with Crippen molar-refractivity contribution < 1.29 is 18.3 Å². The smallest absolute Gasteiger partial charge is 0.410 e. The molecule has 2 aromatic carbocycles. The number of piperidine rings is 1. The first-order valence-corrected chi connectivity index (χ1v) is 9.88. The molecule has 0 spiro atoms. The summed E-state index contributed by atoms with van der Waals surface area (Å²) in [4.78, 5) is 14.3. The molecule has 2 unspecified atom stereocenters. The van der Waals surface area contributed by atoms with E-state index in [1.165, 1.54) is 24.3 Å². The van der Waals surface area contributed by atoms with E-state index in [1.807, 2.05) is 20.8 Å². The Balaban J connectivity index is 1.93. The molecule has 0 aromatic heterocycles. The molecule has 1 heterocycles. The van der Waals surface area contributed by atoms with Gasteiger partial charge in [-0.05, 0) is 62.6 Å². The van der Waals surface area contributed by atoms with Crippen LogP contribution in [0.25, 0.3) is 0 Å². The highest BCUT2D eigenvalue weighted by Gasteiger charge is 2.37. The fraction of sp³-hybridized carbons (Fsp3) is 0.435. The van der Waals surface area contributed by atoms with Gasteiger partial charge in [-0.15, -0.1) is 0 Å². The molecule has 6 heteroatoms. The van der Waals surface area contributed by atoms with Crippen LogP contribution in [0.2, 0.25) is 0 Å². The van der Waals surface area contributed by atoms with Crippen LogP contribution in [0, 0.1) is 17.6 Å². The molecule has 0 saturated carbocycles. The van der Waals surface area contributed by atoms with E-state index in [0.29, 0.717) is 19.5 Å². The Hall–Kier alpha value is -2.47. The summed E-state index contributed by atoms with van der Waals surface area (Å²) in [7, 11) is 0. The highest BCUT2D eigenvalue weighted by molar-refractivity contribution is 5.68. The molecule has 1 fully saturated rings. The molecule has 156 valence electrons. The molecule has 4 nitrogen and oxygen atoms in total. The molecule has 2 N–H and O–H groups in total. The molecule has 2 atom stereocenters. The lowest BCUT2D eigenvalue weighted by molar-refractivity contribution is 0.0138. The fourth-order valence-electron chi connectivity index (χ4n) is 3.87. The van der Waals surface area contributed by atoms with Gasteiger partial charge in [0.2, 0.25) is 0 Å². The molecule has 0 aliphatic carbocycles. The third-order valence-corrected chi connectivity index (χ3v) is 5.25. The minimum atomic E-state index is -0.584. The van der Waals surface area contributed by atoms with Gasteiger partial charge in [0.25, 0.3) is 0 Å². The average Bonchev–Trinajstić information content (AvgIpc) is 2.65. The molecule has 29 heavy (non-hydrogen) atoms. The van der Waals surface area contributed by atoms with Gasteiger partial charge < -0.3 is 15.4 Å². The first-order valence-electron chi connectivity index (χ1n) is 9.88. The number of halogens is 2. The number of carbonyl (C=O) groups excluding carboxylic acids is 1. The van der Waals surface area contributed by atoms with E-state index in [0.717, 1.165) is 11.1 Å². The van der Waals surface area contributed by atoms with E-state index in [4.69, 9.17) is 10.5 Å². The van der Waals surface area contributed by atoms with Crippen LogP contribution in [-0.4, -0.2) is 35.7 Å². The third kappa shape index (κ3) is 5.32. The molecule has 3 rings (SSSR count). The number of nitrogens with two attached hydrogens (primary N) is 1. The van der Waals surface area contributed by atoms with Crippen molar-refractivity contribution in [2.24, 2.45) is 11.7 Å². The minimum Gasteiger partial charge on any atom is -0.444 e. The van der Waals surface area contributed by atoms with E-state index < -0.39 is 5.60 Å². The number of ether oxygens (including phenoxy) is 1. The summed E-state index contributed by atoms with van der Waals surface area (Å²) in [6.45, 7) is 6.43. The fourth-order valence-corrected chi connectivity index (χ4v) is 3.87. The number of nitrogens with zero attached hydrogens (tertiary/aromatic N) is 1. The summed E-state index contributed by atoms with van der Waals surface area (Å²) in [5.41, 5.74) is 7.65. The van der Waals surface area contributed by atoms with E-state index in [-0.39, 0.29) is 35.6 Å². The highest BCUT2D eigenvalue weighted by atomic mass is 19.1. The molecular formula is C23H28F2N2O2. The Morgan fingerprint density at radius 2 is 1.52 bits per heavy atom. The van der Waals surface area contributed by atoms with Gasteiger partial charge in [0, 0.05) is 31.0 Å². The summed E-state index contributed by atoms with van der Waals surface area (Å²) in [6, 6.07) is 12.4. The van der Waals surface area contributed by atoms with E-state index in [9.17, 15) is 13.6 Å². The van der Waals surface area contributed by atoms with E-state index >= 15 is 0 Å². The predicted molar refractivity (Wildman–Crippen MR) is 109 cm³/mol. The molecular weight excluding hydrogens is 374 g/mol. The average molecular weight is 402 g/mol. The number of amides is 1. The van der Waals surface area contributed by atoms with Crippen molar-refractivity contribution in [1.82, 2.24) is 4.90 Å². The second-order valence-corrected chi connectivity index (χ2v) is 8.62. The molecule has 0 radical (unpaired) electrons. The maximum Gasteiger partial charge on any atom is 0.410 e. The van der Waals surface area contributed by atoms with Crippen LogP contribution >= 0.6 is 0 Å². The summed E-state index contributed by atoms with van der Waals surface area (Å²) in [5, 5.41) is 0. The lowest BCUT2D eigenvalue weighted by atomic mass is 9.74. The molecule has 0 bridgehead atoms. The Labute approximate surface area is 170 Å². The predicted octanol–water partition coefficient (Wildman–Crippen LogP) is 4.68. The third-order valence-electron chi connectivity index (χ3n) is 5.25. The summed E-state index contributed by atoms with van der Waals surface area (Å²) in [5.74, 6) is -0.964. The molecule has 1 amide bonds. The van der Waals surface area contributed by atoms with E-state index in [1.54, 1.807) is 29.2 Å². The summed E-state index contributed by atoms with van der Waals surface area (Å²) >= 11 is 0. The van der Waals surface area contributed by atoms with Gasteiger partial charge in [-0.1, -0.05) is 24.3 Å². The minimum absolute atomic E-state index is 0.118. The zero-order chi connectivity index (χ0) is 21.2. The van der Waals surface area contributed by atoms with Crippen LogP contribution in [0.4, 0.5) is 13.6 Å². The Morgan fingerprint density at radius 1 is 1.03 bits per heavy atom. The normalized spacial score (nSPS) is 20.0. The number of likely N-dealkylation sites (tertiary alicyclic amines) is 1. The first-order chi connectivity index (χ1) is 13.6. The van der Waals surface area contributed by atoms with Gasteiger partial charge in [0.05, 0.1) is 0 Å². The van der Waals surface area contributed by atoms with Gasteiger partial charge in [-0.25, -0.2) is 13.6 Å². The lowest BCUT2D eigenvalue weighted by Gasteiger charge is -2.41. The number of benzene rings is 2. The quantitative estimate of drug-likeness (QED) is 0.811. The number of rotatable bonds is 3. The topological polar surface area (TPSA) is 55.6 Å². The molecule has 1 aliphatic heterocycles. The maximum absolute atomic E-state index is 13.5. The second kappa shape index (κ2) is 8.49. The van der Waals surface area contributed by atoms with Crippen LogP contribution in [0.5, 0.6) is 0 Å². The Kier molecular flexibility index (Phi) is 6.22. The highest BCUT2D eigenvalue weighted by Crippen LogP contribution is 2.37. The zero-order valence-corrected chi connectivity index (χ0v) is 17.1. The second-order valence-electron chi connectivity index (χ2n) is 8.62. The molecule has 1 saturated heterocycles. The largest absolute Gasteiger partial charge is 0.444 e. The number of hydrogen-bond donors (Lipinski definition) is 1. The van der Waals surface area contributed by atoms with Crippen molar-refractivity contribution in [1.29, 1.82) is 0 Å². The van der Waals surface area contributed by atoms with Gasteiger partial charge >= 0.3 is 6.09 Å². The van der Waals surface area contributed by atoms with Crippen LogP contribution in [0.3, 0.4) is 0 Å². The van der Waals surface area contributed by atoms with Crippen molar-refractivity contribution in [3.63, 3.8) is 0 Å². The SMILES string of the molecule is CC(C)(C)OC(=O)N1CCC(N)C(C(c2ccc(F)cc2)c2ccc(F)cc2)C1. The van der Waals surface area contributed by atoms with Gasteiger partial charge in [-0.3, -0.25) is 0 Å². The van der Waals surface area contributed by atoms with Crippen LogP contribution < -0.4 is 5.73 Å². The molecule has 2 aromatic rings. The van der Waals surface area contributed by atoms with Gasteiger partial charge in [0.1, 0.15) is 17.2 Å².